The Morgan fingerprint density at radius 1 is 1.47 bits per heavy atom. The smallest absolute Gasteiger partial charge is 0.338 e. The molecule has 0 radical (unpaired) electrons. The SMILES string of the molecule is CC1(C)CCCN1C(=O)c1cc(C(=O)O)co1. The van der Waals surface area contributed by atoms with Gasteiger partial charge in [0.1, 0.15) is 6.26 Å². The van der Waals surface area contributed by atoms with Gasteiger partial charge in [-0.1, -0.05) is 0 Å². The van der Waals surface area contributed by atoms with Crippen LogP contribution in [0.2, 0.25) is 0 Å². The molecule has 17 heavy (non-hydrogen) atoms. The lowest BCUT2D eigenvalue weighted by Crippen LogP contribution is -2.42. The summed E-state index contributed by atoms with van der Waals surface area (Å²) in [6.07, 6.45) is 3.01. The van der Waals surface area contributed by atoms with Crippen LogP contribution in [0.5, 0.6) is 0 Å². The number of rotatable bonds is 2. The maximum atomic E-state index is 12.1. The van der Waals surface area contributed by atoms with Crippen molar-refractivity contribution in [2.75, 3.05) is 6.54 Å². The van der Waals surface area contributed by atoms with Crippen molar-refractivity contribution in [2.45, 2.75) is 32.2 Å². The molecule has 0 bridgehead atoms. The second-order valence-corrected chi connectivity index (χ2v) is 4.88. The minimum absolute atomic E-state index is 0.00496. The predicted molar refractivity (Wildman–Crippen MR) is 60.0 cm³/mol. The molecule has 5 heteroatoms. The van der Waals surface area contributed by atoms with Crippen LogP contribution in [0, 0.1) is 0 Å². The van der Waals surface area contributed by atoms with Gasteiger partial charge < -0.3 is 14.4 Å². The fraction of sp³-hybridized carbons (Fsp3) is 0.500. The first kappa shape index (κ1) is 11.7. The molecule has 92 valence electrons. The van der Waals surface area contributed by atoms with Crippen molar-refractivity contribution in [1.29, 1.82) is 0 Å². The van der Waals surface area contributed by atoms with E-state index in [0.717, 1.165) is 19.1 Å². The summed E-state index contributed by atoms with van der Waals surface area (Å²) in [5.74, 6) is -1.23. The number of hydrogen-bond acceptors (Lipinski definition) is 3. The molecular weight excluding hydrogens is 222 g/mol. The molecule has 0 spiro atoms. The van der Waals surface area contributed by atoms with E-state index in [1.165, 1.54) is 6.07 Å². The lowest BCUT2D eigenvalue weighted by atomic mass is 10.0. The highest BCUT2D eigenvalue weighted by atomic mass is 16.4. The Balaban J connectivity index is 2.22. The van der Waals surface area contributed by atoms with Crippen LogP contribution in [0.15, 0.2) is 16.7 Å². The Morgan fingerprint density at radius 2 is 2.18 bits per heavy atom. The van der Waals surface area contributed by atoms with Gasteiger partial charge in [-0.25, -0.2) is 4.79 Å². The minimum Gasteiger partial charge on any atom is -0.478 e. The van der Waals surface area contributed by atoms with Crippen molar-refractivity contribution in [3.63, 3.8) is 0 Å². The quantitative estimate of drug-likeness (QED) is 0.853. The number of carboxylic acids is 1. The Hall–Kier alpha value is -1.78. The van der Waals surface area contributed by atoms with E-state index >= 15 is 0 Å². The third-order valence-electron chi connectivity index (χ3n) is 3.20. The van der Waals surface area contributed by atoms with E-state index in [1.807, 2.05) is 13.8 Å². The van der Waals surface area contributed by atoms with Gasteiger partial charge in [0.05, 0.1) is 5.56 Å². The lowest BCUT2D eigenvalue weighted by Gasteiger charge is -2.30. The normalized spacial score (nSPS) is 18.4. The zero-order valence-corrected chi connectivity index (χ0v) is 9.90. The average molecular weight is 237 g/mol. The second-order valence-electron chi connectivity index (χ2n) is 4.88. The maximum absolute atomic E-state index is 12.1. The highest BCUT2D eigenvalue weighted by Gasteiger charge is 2.37. The van der Waals surface area contributed by atoms with Gasteiger partial charge >= 0.3 is 5.97 Å². The standard InChI is InChI=1S/C12H15NO4/c1-12(2)4-3-5-13(12)10(14)9-6-8(7-17-9)11(15)16/h6-7H,3-5H2,1-2H3,(H,15,16). The van der Waals surface area contributed by atoms with Crippen molar-refractivity contribution >= 4 is 11.9 Å². The lowest BCUT2D eigenvalue weighted by molar-refractivity contribution is 0.0618. The zero-order valence-electron chi connectivity index (χ0n) is 9.90. The van der Waals surface area contributed by atoms with Crippen molar-refractivity contribution in [3.8, 4) is 0 Å². The monoisotopic (exact) mass is 237 g/mol. The molecule has 5 nitrogen and oxygen atoms in total. The molecule has 0 unspecified atom stereocenters. The summed E-state index contributed by atoms with van der Waals surface area (Å²) in [5.41, 5.74) is -0.182. The maximum Gasteiger partial charge on any atom is 0.338 e. The number of likely N-dealkylation sites (tertiary alicyclic amines) is 1. The highest BCUT2D eigenvalue weighted by molar-refractivity contribution is 5.95. The van der Waals surface area contributed by atoms with E-state index in [2.05, 4.69) is 0 Å². The molecular formula is C12H15NO4. The highest BCUT2D eigenvalue weighted by Crippen LogP contribution is 2.30. The molecule has 1 saturated heterocycles. The van der Waals surface area contributed by atoms with Gasteiger partial charge in [-0.15, -0.1) is 0 Å². The van der Waals surface area contributed by atoms with Crippen LogP contribution < -0.4 is 0 Å². The van der Waals surface area contributed by atoms with Crippen LogP contribution >= 0.6 is 0 Å². The number of aromatic carboxylic acids is 1. The summed E-state index contributed by atoms with van der Waals surface area (Å²) in [4.78, 5) is 24.6. The number of hydrogen-bond donors (Lipinski definition) is 1. The van der Waals surface area contributed by atoms with E-state index in [4.69, 9.17) is 9.52 Å². The first-order valence-corrected chi connectivity index (χ1v) is 5.55. The van der Waals surface area contributed by atoms with Gasteiger partial charge in [0.15, 0.2) is 5.76 Å². The molecule has 1 N–H and O–H groups in total. The molecule has 0 saturated carbocycles. The fourth-order valence-corrected chi connectivity index (χ4v) is 2.18. The summed E-state index contributed by atoms with van der Waals surface area (Å²) in [6, 6.07) is 1.28. The van der Waals surface area contributed by atoms with E-state index in [-0.39, 0.29) is 22.8 Å². The van der Waals surface area contributed by atoms with Crippen molar-refractivity contribution in [1.82, 2.24) is 4.90 Å². The fourth-order valence-electron chi connectivity index (χ4n) is 2.18. The van der Waals surface area contributed by atoms with E-state index < -0.39 is 5.97 Å². The molecule has 2 rings (SSSR count). The van der Waals surface area contributed by atoms with Gasteiger partial charge in [-0.2, -0.15) is 0 Å². The van der Waals surface area contributed by atoms with Crippen LogP contribution in [-0.2, 0) is 0 Å². The summed E-state index contributed by atoms with van der Waals surface area (Å²) in [5, 5.41) is 8.76. The molecule has 1 aliphatic heterocycles. The molecule has 1 amide bonds. The average Bonchev–Trinajstić information content (AvgIpc) is 2.82. The Morgan fingerprint density at radius 3 is 2.65 bits per heavy atom. The van der Waals surface area contributed by atoms with Gasteiger partial charge in [-0.05, 0) is 26.7 Å². The topological polar surface area (TPSA) is 70.8 Å². The molecule has 0 aliphatic carbocycles. The van der Waals surface area contributed by atoms with Crippen LogP contribution in [0.1, 0.15) is 47.6 Å². The van der Waals surface area contributed by atoms with Crippen LogP contribution in [0.3, 0.4) is 0 Å². The number of amides is 1. The molecule has 1 aromatic heterocycles. The summed E-state index contributed by atoms with van der Waals surface area (Å²) >= 11 is 0. The Kier molecular flexibility index (Phi) is 2.69. The molecule has 0 aromatic carbocycles. The molecule has 1 aromatic rings. The summed E-state index contributed by atoms with van der Waals surface area (Å²) in [7, 11) is 0. The first-order valence-electron chi connectivity index (χ1n) is 5.55. The van der Waals surface area contributed by atoms with Crippen molar-refractivity contribution < 1.29 is 19.1 Å². The summed E-state index contributed by atoms with van der Waals surface area (Å²) < 4.78 is 5.02. The van der Waals surface area contributed by atoms with Crippen molar-refractivity contribution in [3.05, 3.63) is 23.7 Å². The van der Waals surface area contributed by atoms with E-state index in [9.17, 15) is 9.59 Å². The Bertz CT molecular complexity index is 461. The number of carboxylic acid groups (broad SMARTS) is 1. The predicted octanol–water partition coefficient (Wildman–Crippen LogP) is 1.99. The Labute approximate surface area is 99.0 Å². The van der Waals surface area contributed by atoms with Gasteiger partial charge in [-0.3, -0.25) is 4.79 Å². The second kappa shape index (κ2) is 3.91. The molecule has 2 heterocycles. The number of furan rings is 1. The van der Waals surface area contributed by atoms with Gasteiger partial charge in [0.2, 0.25) is 0 Å². The first-order chi connectivity index (χ1) is 7.92. The van der Waals surface area contributed by atoms with E-state index in [1.54, 1.807) is 4.90 Å². The summed E-state index contributed by atoms with van der Waals surface area (Å²) in [6.45, 7) is 4.69. The number of carbonyl (C=O) groups excluding carboxylic acids is 1. The molecule has 1 fully saturated rings. The third-order valence-corrected chi connectivity index (χ3v) is 3.20. The zero-order chi connectivity index (χ0) is 12.6. The number of carbonyl (C=O) groups is 2. The van der Waals surface area contributed by atoms with Crippen LogP contribution in [-0.4, -0.2) is 34.0 Å². The van der Waals surface area contributed by atoms with Gasteiger partial charge in [0.25, 0.3) is 5.91 Å². The number of nitrogens with zero attached hydrogens (tertiary/aromatic N) is 1. The molecule has 0 atom stereocenters. The largest absolute Gasteiger partial charge is 0.478 e. The minimum atomic E-state index is -1.09. The van der Waals surface area contributed by atoms with Crippen LogP contribution in [0.4, 0.5) is 0 Å². The van der Waals surface area contributed by atoms with Crippen molar-refractivity contribution in [2.24, 2.45) is 0 Å². The molecule has 1 aliphatic rings. The third kappa shape index (κ3) is 2.05. The van der Waals surface area contributed by atoms with Gasteiger partial charge in [0, 0.05) is 18.2 Å². The van der Waals surface area contributed by atoms with Crippen LogP contribution in [0.25, 0.3) is 0 Å². The van der Waals surface area contributed by atoms with E-state index in [0.29, 0.717) is 6.54 Å².